The Kier molecular flexibility index (Phi) is 5.63. The number of carbonyl (C=O) groups excluding carboxylic acids is 2. The minimum Gasteiger partial charge on any atom is -0.458 e. The molecular formula is C18H23N3O3. The Morgan fingerprint density at radius 3 is 2.54 bits per heavy atom. The number of ether oxygens (including phenoxy) is 1. The summed E-state index contributed by atoms with van der Waals surface area (Å²) in [5.41, 5.74) is 2.78. The molecule has 1 aliphatic rings. The molecule has 0 radical (unpaired) electrons. The summed E-state index contributed by atoms with van der Waals surface area (Å²) >= 11 is 0. The van der Waals surface area contributed by atoms with Gasteiger partial charge in [-0.15, -0.1) is 0 Å². The van der Waals surface area contributed by atoms with E-state index in [2.05, 4.69) is 10.6 Å². The number of benzene rings is 1. The van der Waals surface area contributed by atoms with Crippen molar-refractivity contribution in [2.24, 2.45) is 0 Å². The monoisotopic (exact) mass is 329 g/mol. The maximum absolute atomic E-state index is 12.4. The summed E-state index contributed by atoms with van der Waals surface area (Å²) < 4.78 is 5.26. The van der Waals surface area contributed by atoms with Gasteiger partial charge in [0.2, 0.25) is 0 Å². The Morgan fingerprint density at radius 2 is 1.96 bits per heavy atom. The zero-order valence-corrected chi connectivity index (χ0v) is 14.4. The van der Waals surface area contributed by atoms with Crippen molar-refractivity contribution in [3.63, 3.8) is 0 Å². The summed E-state index contributed by atoms with van der Waals surface area (Å²) in [5.74, 6) is -0.445. The molecule has 6 heteroatoms. The first-order chi connectivity index (χ1) is 11.4. The molecule has 0 saturated carbocycles. The minimum atomic E-state index is -0.534. The fourth-order valence-corrected chi connectivity index (χ4v) is 2.48. The largest absolute Gasteiger partial charge is 0.458 e. The molecule has 1 aromatic rings. The van der Waals surface area contributed by atoms with Crippen LogP contribution in [-0.4, -0.2) is 32.7 Å². The van der Waals surface area contributed by atoms with Gasteiger partial charge in [-0.05, 0) is 31.5 Å². The molecule has 2 rings (SSSR count). The smallest absolute Gasteiger partial charge is 0.338 e. The molecule has 0 fully saturated rings. The first-order valence-corrected chi connectivity index (χ1v) is 7.78. The van der Waals surface area contributed by atoms with Crippen molar-refractivity contribution in [3.8, 4) is 0 Å². The maximum atomic E-state index is 12.4. The van der Waals surface area contributed by atoms with Gasteiger partial charge in [-0.1, -0.05) is 24.3 Å². The summed E-state index contributed by atoms with van der Waals surface area (Å²) in [5, 5.41) is 5.43. The molecule has 1 aliphatic heterocycles. The Labute approximate surface area is 142 Å². The van der Waals surface area contributed by atoms with Crippen molar-refractivity contribution in [2.75, 3.05) is 25.6 Å². The molecule has 0 aliphatic carbocycles. The number of allylic oxidation sites excluding steroid dienone is 2. The molecule has 2 amide bonds. The lowest BCUT2D eigenvalue weighted by molar-refractivity contribution is -0.138. The van der Waals surface area contributed by atoms with E-state index in [9.17, 15) is 9.59 Å². The summed E-state index contributed by atoms with van der Waals surface area (Å²) in [6, 6.07) is 6.83. The summed E-state index contributed by atoms with van der Waals surface area (Å²) in [7, 11) is 3.91. The molecule has 2 N–H and O–H groups in total. The van der Waals surface area contributed by atoms with Crippen LogP contribution in [0.4, 0.5) is 10.5 Å². The highest BCUT2D eigenvalue weighted by molar-refractivity contribution is 5.95. The standard InChI is InChI=1S/C18H23N3O3/c1-5-6-11-24-17(22)15-12(2)19-18(23)20-16(15)13-7-9-14(10-8-13)21(3)4/h5-10,16H,11H2,1-4H3,(H2,19,20,23)/b6-5+/t16-/m0/s1. The minimum absolute atomic E-state index is 0.201. The lowest BCUT2D eigenvalue weighted by atomic mass is 9.95. The van der Waals surface area contributed by atoms with Crippen molar-refractivity contribution in [2.45, 2.75) is 19.9 Å². The van der Waals surface area contributed by atoms with Gasteiger partial charge in [0.15, 0.2) is 0 Å². The van der Waals surface area contributed by atoms with Crippen LogP contribution in [0.3, 0.4) is 0 Å². The number of hydrogen-bond donors (Lipinski definition) is 2. The molecule has 6 nitrogen and oxygen atoms in total. The molecule has 0 bridgehead atoms. The molecule has 0 saturated heterocycles. The molecule has 1 heterocycles. The van der Waals surface area contributed by atoms with Gasteiger partial charge in [-0.3, -0.25) is 0 Å². The first kappa shape index (κ1) is 17.6. The predicted octanol–water partition coefficient (Wildman–Crippen LogP) is 2.50. The number of nitrogens with zero attached hydrogens (tertiary/aromatic N) is 1. The Morgan fingerprint density at radius 1 is 1.29 bits per heavy atom. The average molecular weight is 329 g/mol. The van der Waals surface area contributed by atoms with Gasteiger partial charge in [-0.25, -0.2) is 9.59 Å². The molecule has 0 unspecified atom stereocenters. The second kappa shape index (κ2) is 7.68. The number of esters is 1. The average Bonchev–Trinajstić information content (AvgIpc) is 2.54. The van der Waals surface area contributed by atoms with Crippen LogP contribution in [0.15, 0.2) is 47.7 Å². The van der Waals surface area contributed by atoms with E-state index in [-0.39, 0.29) is 12.6 Å². The fourth-order valence-electron chi connectivity index (χ4n) is 2.48. The van der Waals surface area contributed by atoms with E-state index in [1.165, 1.54) is 0 Å². The topological polar surface area (TPSA) is 70.7 Å². The number of urea groups is 1. The molecule has 24 heavy (non-hydrogen) atoms. The zero-order chi connectivity index (χ0) is 17.7. The number of carbonyl (C=O) groups is 2. The molecular weight excluding hydrogens is 306 g/mol. The van der Waals surface area contributed by atoms with Crippen molar-refractivity contribution < 1.29 is 14.3 Å². The highest BCUT2D eigenvalue weighted by Gasteiger charge is 2.32. The van der Waals surface area contributed by atoms with E-state index in [0.717, 1.165) is 11.3 Å². The van der Waals surface area contributed by atoms with Gasteiger partial charge < -0.3 is 20.3 Å². The third-order valence-electron chi connectivity index (χ3n) is 3.78. The molecule has 0 aromatic heterocycles. The lowest BCUT2D eigenvalue weighted by Gasteiger charge is -2.28. The third kappa shape index (κ3) is 3.95. The second-order valence-electron chi connectivity index (χ2n) is 5.72. The van der Waals surface area contributed by atoms with E-state index in [1.54, 1.807) is 13.0 Å². The normalized spacial score (nSPS) is 17.5. The highest BCUT2D eigenvalue weighted by atomic mass is 16.5. The van der Waals surface area contributed by atoms with Gasteiger partial charge in [0.1, 0.15) is 6.61 Å². The van der Waals surface area contributed by atoms with Gasteiger partial charge in [0, 0.05) is 25.5 Å². The van der Waals surface area contributed by atoms with Gasteiger partial charge in [0.25, 0.3) is 0 Å². The van der Waals surface area contributed by atoms with Crippen LogP contribution in [-0.2, 0) is 9.53 Å². The number of hydrogen-bond acceptors (Lipinski definition) is 4. The Bertz CT molecular complexity index is 675. The number of amides is 2. The van der Waals surface area contributed by atoms with Gasteiger partial charge in [-0.2, -0.15) is 0 Å². The second-order valence-corrected chi connectivity index (χ2v) is 5.72. The van der Waals surface area contributed by atoms with E-state index >= 15 is 0 Å². The number of nitrogens with one attached hydrogen (secondary N) is 2. The number of anilines is 1. The van der Waals surface area contributed by atoms with E-state index < -0.39 is 12.0 Å². The quantitative estimate of drug-likeness (QED) is 0.643. The van der Waals surface area contributed by atoms with Gasteiger partial charge in [0.05, 0.1) is 11.6 Å². The first-order valence-electron chi connectivity index (χ1n) is 7.78. The molecule has 1 aromatic carbocycles. The summed E-state index contributed by atoms with van der Waals surface area (Å²) in [6.07, 6.45) is 3.57. The number of rotatable bonds is 5. The van der Waals surface area contributed by atoms with Crippen LogP contribution in [0.2, 0.25) is 0 Å². The van der Waals surface area contributed by atoms with Crippen LogP contribution in [0.5, 0.6) is 0 Å². The van der Waals surface area contributed by atoms with Gasteiger partial charge >= 0.3 is 12.0 Å². The van der Waals surface area contributed by atoms with Crippen LogP contribution in [0.1, 0.15) is 25.5 Å². The molecule has 0 spiro atoms. The van der Waals surface area contributed by atoms with E-state index in [4.69, 9.17) is 4.74 Å². The van der Waals surface area contributed by atoms with Crippen molar-refractivity contribution in [3.05, 3.63) is 53.3 Å². The Hall–Kier alpha value is -2.76. The van der Waals surface area contributed by atoms with Crippen LogP contribution >= 0.6 is 0 Å². The molecule has 1 atom stereocenters. The van der Waals surface area contributed by atoms with Crippen LogP contribution in [0, 0.1) is 0 Å². The third-order valence-corrected chi connectivity index (χ3v) is 3.78. The lowest BCUT2D eigenvalue weighted by Crippen LogP contribution is -2.45. The summed E-state index contributed by atoms with van der Waals surface area (Å²) in [6.45, 7) is 3.76. The highest BCUT2D eigenvalue weighted by Crippen LogP contribution is 2.28. The van der Waals surface area contributed by atoms with E-state index in [1.807, 2.05) is 56.3 Å². The SMILES string of the molecule is C/C=C/COC(=O)C1=C(C)NC(=O)N[C@H]1c1ccc(N(C)C)cc1. The summed E-state index contributed by atoms with van der Waals surface area (Å²) in [4.78, 5) is 26.3. The zero-order valence-electron chi connectivity index (χ0n) is 14.4. The van der Waals surface area contributed by atoms with Crippen LogP contribution in [0.25, 0.3) is 0 Å². The van der Waals surface area contributed by atoms with Crippen molar-refractivity contribution in [1.29, 1.82) is 0 Å². The maximum Gasteiger partial charge on any atom is 0.338 e. The van der Waals surface area contributed by atoms with Crippen molar-refractivity contribution >= 4 is 17.7 Å². The van der Waals surface area contributed by atoms with Crippen molar-refractivity contribution in [1.82, 2.24) is 10.6 Å². The van der Waals surface area contributed by atoms with E-state index in [0.29, 0.717) is 11.3 Å². The van der Waals surface area contributed by atoms with Crippen LogP contribution < -0.4 is 15.5 Å². The molecule has 128 valence electrons. The fraction of sp³-hybridized carbons (Fsp3) is 0.333. The predicted molar refractivity (Wildman–Crippen MR) is 93.7 cm³/mol. The Balaban J connectivity index is 2.31.